The average molecular weight is 390 g/mol. The molecule has 3 heteroatoms. The second kappa shape index (κ2) is 6.29. The smallest absolute Gasteiger partial charge is 0.239 e. The Morgan fingerprint density at radius 1 is 1.03 bits per heavy atom. The van der Waals surface area contributed by atoms with Crippen molar-refractivity contribution in [2.24, 2.45) is 7.05 Å². The normalized spacial score (nSPS) is 15.9. The van der Waals surface area contributed by atoms with Crippen LogP contribution < -0.4 is 4.40 Å². The Hall–Kier alpha value is -2.42. The van der Waals surface area contributed by atoms with Gasteiger partial charge in [-0.2, -0.15) is 4.40 Å². The molecule has 2 aromatic carbocycles. The van der Waals surface area contributed by atoms with Crippen LogP contribution in [0.3, 0.4) is 0 Å². The highest BCUT2D eigenvalue weighted by molar-refractivity contribution is 6.10. The lowest BCUT2D eigenvalue weighted by atomic mass is 9.92. The lowest BCUT2D eigenvalue weighted by molar-refractivity contribution is -0.491. The molecule has 0 N–H and O–H groups in total. The summed E-state index contributed by atoms with van der Waals surface area (Å²) >= 11 is 0. The third-order valence-corrected chi connectivity index (χ3v) is 7.00. The molecule has 2 aromatic heterocycles. The minimum Gasteiger partial charge on any atom is -0.239 e. The van der Waals surface area contributed by atoms with E-state index in [-0.39, 0.29) is 0 Å². The van der Waals surface area contributed by atoms with Crippen molar-refractivity contribution in [1.82, 2.24) is 4.57 Å². The minimum absolute atomic E-state index is 0.579. The molecule has 0 radical (unpaired) electrons. The molecule has 1 aliphatic rings. The molecular formula is C26H30FN2+. The van der Waals surface area contributed by atoms with Gasteiger partial charge >= 0.3 is 0 Å². The van der Waals surface area contributed by atoms with E-state index in [2.05, 4.69) is 54.1 Å². The van der Waals surface area contributed by atoms with Gasteiger partial charge in [0.15, 0.2) is 5.69 Å². The lowest BCUT2D eigenvalue weighted by Crippen LogP contribution is -2.29. The highest BCUT2D eigenvalue weighted by Crippen LogP contribution is 2.40. The predicted octanol–water partition coefficient (Wildman–Crippen LogP) is 6.55. The average Bonchev–Trinajstić information content (AvgIpc) is 3.28. The first-order chi connectivity index (χ1) is 13.8. The van der Waals surface area contributed by atoms with E-state index in [4.69, 9.17) is 0 Å². The molecular weight excluding hydrogens is 359 g/mol. The zero-order valence-electron chi connectivity index (χ0n) is 18.1. The third kappa shape index (κ3) is 2.63. The standard InChI is InChI=1S/C26H30FN2/c1-16-13-14-19-20-11-8-12-21(26(3,4)27)23(20)25-28(5)17(2)24(18-9-6-7-10-18)29(25)22(19)15-16/h8,11-15,18H,6-7,9-10H2,1-5H3/q+1. The van der Waals surface area contributed by atoms with Gasteiger partial charge in [-0.1, -0.05) is 37.1 Å². The Labute approximate surface area is 172 Å². The molecule has 0 saturated heterocycles. The first-order valence-corrected chi connectivity index (χ1v) is 10.8. The van der Waals surface area contributed by atoms with Crippen LogP contribution in [0.5, 0.6) is 0 Å². The van der Waals surface area contributed by atoms with Gasteiger partial charge < -0.3 is 0 Å². The summed E-state index contributed by atoms with van der Waals surface area (Å²) in [6.07, 6.45) is 5.09. The molecule has 2 heterocycles. The van der Waals surface area contributed by atoms with Gasteiger partial charge in [-0.05, 0) is 51.3 Å². The number of nitrogens with zero attached hydrogens (tertiary/aromatic N) is 2. The second-order valence-corrected chi connectivity index (χ2v) is 9.39. The number of hydrogen-bond donors (Lipinski definition) is 0. The van der Waals surface area contributed by atoms with Crippen LogP contribution in [0.4, 0.5) is 4.39 Å². The van der Waals surface area contributed by atoms with Crippen molar-refractivity contribution in [2.45, 2.75) is 65.0 Å². The summed E-state index contributed by atoms with van der Waals surface area (Å²) in [5.41, 5.74) is 5.71. The molecule has 0 spiro atoms. The fraction of sp³-hybridized carbons (Fsp3) is 0.423. The largest absolute Gasteiger partial charge is 0.295 e. The summed E-state index contributed by atoms with van der Waals surface area (Å²) in [6.45, 7) is 7.73. The fourth-order valence-corrected chi connectivity index (χ4v) is 5.52. The molecule has 1 fully saturated rings. The number of aryl methyl sites for hydroxylation is 2. The van der Waals surface area contributed by atoms with Gasteiger partial charge in [0.1, 0.15) is 16.9 Å². The molecule has 2 nitrogen and oxygen atoms in total. The third-order valence-electron chi connectivity index (χ3n) is 7.00. The number of alkyl halides is 1. The number of aromatic nitrogens is 2. The molecule has 0 bridgehead atoms. The van der Waals surface area contributed by atoms with Gasteiger partial charge in [0.05, 0.1) is 12.4 Å². The number of hydrogen-bond acceptors (Lipinski definition) is 0. The highest BCUT2D eigenvalue weighted by Gasteiger charge is 2.34. The summed E-state index contributed by atoms with van der Waals surface area (Å²) in [4.78, 5) is 0. The van der Waals surface area contributed by atoms with E-state index in [0.29, 0.717) is 5.92 Å². The number of halogens is 1. The Morgan fingerprint density at radius 2 is 1.76 bits per heavy atom. The molecule has 0 aliphatic heterocycles. The molecule has 4 aromatic rings. The maximum atomic E-state index is 15.4. The maximum absolute atomic E-state index is 15.4. The molecule has 5 rings (SSSR count). The van der Waals surface area contributed by atoms with Gasteiger partial charge in [0.25, 0.3) is 5.65 Å². The van der Waals surface area contributed by atoms with Crippen molar-refractivity contribution < 1.29 is 8.79 Å². The van der Waals surface area contributed by atoms with E-state index in [1.165, 1.54) is 53.5 Å². The summed E-state index contributed by atoms with van der Waals surface area (Å²) in [5.74, 6) is 0.579. The quantitative estimate of drug-likeness (QED) is 0.272. The minimum atomic E-state index is -1.41. The zero-order valence-corrected chi connectivity index (χ0v) is 18.1. The molecule has 1 aliphatic carbocycles. The van der Waals surface area contributed by atoms with Gasteiger partial charge in [-0.15, -0.1) is 0 Å². The van der Waals surface area contributed by atoms with Crippen LogP contribution in [0, 0.1) is 13.8 Å². The summed E-state index contributed by atoms with van der Waals surface area (Å²) in [5, 5.41) is 3.40. The van der Waals surface area contributed by atoms with Crippen LogP contribution in [0.1, 0.15) is 68.0 Å². The van der Waals surface area contributed by atoms with Crippen molar-refractivity contribution in [1.29, 1.82) is 0 Å². The van der Waals surface area contributed by atoms with Crippen LogP contribution in [-0.4, -0.2) is 4.57 Å². The van der Waals surface area contributed by atoms with Crippen molar-refractivity contribution >= 4 is 27.3 Å². The van der Waals surface area contributed by atoms with E-state index < -0.39 is 5.67 Å². The van der Waals surface area contributed by atoms with Crippen LogP contribution >= 0.6 is 0 Å². The maximum Gasteiger partial charge on any atom is 0.295 e. The summed E-state index contributed by atoms with van der Waals surface area (Å²) in [6, 6.07) is 12.8. The van der Waals surface area contributed by atoms with Crippen molar-refractivity contribution in [3.63, 3.8) is 0 Å². The SMILES string of the molecule is Cc1ccc2c3cccc(C(C)(C)F)c3c3n(C)c(C)c(C4CCCC4)[n+]3c2c1. The van der Waals surface area contributed by atoms with Crippen LogP contribution in [-0.2, 0) is 12.7 Å². The van der Waals surface area contributed by atoms with Crippen LogP contribution in [0.2, 0.25) is 0 Å². The Balaban J connectivity index is 2.10. The number of fused-ring (bicyclic) bond motifs is 6. The molecule has 0 unspecified atom stereocenters. The Bertz CT molecular complexity index is 1270. The molecule has 1 saturated carbocycles. The van der Waals surface area contributed by atoms with Gasteiger partial charge in [0, 0.05) is 29.2 Å². The van der Waals surface area contributed by atoms with Gasteiger partial charge in [-0.3, -0.25) is 0 Å². The highest BCUT2D eigenvalue weighted by atomic mass is 19.1. The van der Waals surface area contributed by atoms with Crippen molar-refractivity contribution in [2.75, 3.05) is 0 Å². The predicted molar refractivity (Wildman–Crippen MR) is 118 cm³/mol. The number of benzene rings is 2. The van der Waals surface area contributed by atoms with Crippen molar-refractivity contribution in [3.05, 3.63) is 58.9 Å². The van der Waals surface area contributed by atoms with Crippen LogP contribution in [0.25, 0.3) is 27.3 Å². The number of rotatable bonds is 2. The van der Waals surface area contributed by atoms with Gasteiger partial charge in [-0.25, -0.2) is 8.96 Å². The van der Waals surface area contributed by atoms with E-state index in [9.17, 15) is 0 Å². The van der Waals surface area contributed by atoms with E-state index in [0.717, 1.165) is 22.0 Å². The molecule has 150 valence electrons. The first-order valence-electron chi connectivity index (χ1n) is 10.8. The van der Waals surface area contributed by atoms with Crippen LogP contribution in [0.15, 0.2) is 36.4 Å². The summed E-state index contributed by atoms with van der Waals surface area (Å²) in [7, 11) is 2.15. The number of pyridine rings is 1. The summed E-state index contributed by atoms with van der Waals surface area (Å²) < 4.78 is 20.1. The molecule has 0 amide bonds. The molecule has 29 heavy (non-hydrogen) atoms. The van der Waals surface area contributed by atoms with Crippen molar-refractivity contribution in [3.8, 4) is 0 Å². The second-order valence-electron chi connectivity index (χ2n) is 9.39. The van der Waals surface area contributed by atoms with E-state index >= 15 is 4.39 Å². The fourth-order valence-electron chi connectivity index (χ4n) is 5.52. The van der Waals surface area contributed by atoms with E-state index in [1.54, 1.807) is 13.8 Å². The monoisotopic (exact) mass is 389 g/mol. The topological polar surface area (TPSA) is 9.03 Å². The zero-order chi connectivity index (χ0) is 20.5. The lowest BCUT2D eigenvalue weighted by Gasteiger charge is -2.18. The van der Waals surface area contributed by atoms with E-state index in [1.807, 2.05) is 12.1 Å². The number of imidazole rings is 1. The molecule has 0 atom stereocenters. The first kappa shape index (κ1) is 18.6. The Morgan fingerprint density at radius 3 is 2.45 bits per heavy atom. The van der Waals surface area contributed by atoms with Gasteiger partial charge in [0.2, 0.25) is 0 Å². The Kier molecular flexibility index (Phi) is 4.03.